The minimum atomic E-state index is -0.440. The predicted octanol–water partition coefficient (Wildman–Crippen LogP) is 2.60. The van der Waals surface area contributed by atoms with Crippen LogP contribution in [-0.2, 0) is 16.0 Å². The highest BCUT2D eigenvalue weighted by Gasteiger charge is 2.21. The van der Waals surface area contributed by atoms with Gasteiger partial charge in [0.15, 0.2) is 0 Å². The average molecular weight is 272 g/mol. The zero-order chi connectivity index (χ0) is 14.5. The molecule has 0 unspecified atom stereocenters. The van der Waals surface area contributed by atoms with Gasteiger partial charge in [-0.05, 0) is 41.8 Å². The Morgan fingerprint density at radius 2 is 1.50 bits per heavy atom. The summed E-state index contributed by atoms with van der Waals surface area (Å²) in [6.07, 6.45) is 0.470. The molecule has 0 aromatic heterocycles. The van der Waals surface area contributed by atoms with E-state index in [0.29, 0.717) is 6.42 Å². The lowest BCUT2D eigenvalue weighted by atomic mass is 9.92. The SMILES string of the molecule is COC(=O)[C@@H](Cc1ccc(O)cc1)c1ccc(O)cc1. The number of phenols is 2. The highest BCUT2D eigenvalue weighted by Crippen LogP contribution is 2.25. The molecule has 0 saturated carbocycles. The Morgan fingerprint density at radius 1 is 1.00 bits per heavy atom. The number of carbonyl (C=O) groups is 1. The van der Waals surface area contributed by atoms with Gasteiger partial charge in [0.25, 0.3) is 0 Å². The fourth-order valence-corrected chi connectivity index (χ4v) is 2.05. The van der Waals surface area contributed by atoms with Gasteiger partial charge in [0, 0.05) is 0 Å². The molecule has 0 bridgehead atoms. The van der Waals surface area contributed by atoms with E-state index in [0.717, 1.165) is 11.1 Å². The third kappa shape index (κ3) is 3.29. The van der Waals surface area contributed by atoms with Crippen LogP contribution >= 0.6 is 0 Å². The molecule has 1 atom stereocenters. The molecule has 0 heterocycles. The normalized spacial score (nSPS) is 11.8. The molecule has 0 spiro atoms. The molecular formula is C16H16O4. The van der Waals surface area contributed by atoms with E-state index >= 15 is 0 Å². The largest absolute Gasteiger partial charge is 0.508 e. The molecule has 0 aliphatic heterocycles. The Balaban J connectivity index is 2.26. The molecular weight excluding hydrogens is 256 g/mol. The number of aromatic hydroxyl groups is 2. The summed E-state index contributed by atoms with van der Waals surface area (Å²) in [6.45, 7) is 0. The quantitative estimate of drug-likeness (QED) is 0.840. The summed E-state index contributed by atoms with van der Waals surface area (Å²) in [5.41, 5.74) is 1.70. The first-order valence-corrected chi connectivity index (χ1v) is 6.25. The highest BCUT2D eigenvalue weighted by atomic mass is 16.5. The maximum Gasteiger partial charge on any atom is 0.313 e. The predicted molar refractivity (Wildman–Crippen MR) is 74.7 cm³/mol. The second-order valence-electron chi connectivity index (χ2n) is 4.54. The first-order chi connectivity index (χ1) is 9.60. The molecule has 2 rings (SSSR count). The van der Waals surface area contributed by atoms with Crippen molar-refractivity contribution < 1.29 is 19.7 Å². The van der Waals surface area contributed by atoms with Crippen molar-refractivity contribution in [2.45, 2.75) is 12.3 Å². The number of esters is 1. The lowest BCUT2D eigenvalue weighted by Gasteiger charge is -2.15. The Kier molecular flexibility index (Phi) is 4.25. The van der Waals surface area contributed by atoms with E-state index in [1.807, 2.05) is 0 Å². The van der Waals surface area contributed by atoms with Gasteiger partial charge in [-0.3, -0.25) is 4.79 Å². The van der Waals surface area contributed by atoms with Gasteiger partial charge in [-0.25, -0.2) is 0 Å². The van der Waals surface area contributed by atoms with Crippen molar-refractivity contribution in [1.29, 1.82) is 0 Å². The number of ether oxygens (including phenoxy) is 1. The van der Waals surface area contributed by atoms with Crippen molar-refractivity contribution in [3.63, 3.8) is 0 Å². The van der Waals surface area contributed by atoms with Crippen LogP contribution in [0.25, 0.3) is 0 Å². The molecule has 0 aliphatic carbocycles. The zero-order valence-electron chi connectivity index (χ0n) is 11.1. The smallest absolute Gasteiger partial charge is 0.313 e. The van der Waals surface area contributed by atoms with Crippen LogP contribution in [0.3, 0.4) is 0 Å². The summed E-state index contributed by atoms with van der Waals surface area (Å²) in [6, 6.07) is 13.2. The molecule has 0 fully saturated rings. The molecule has 4 nitrogen and oxygen atoms in total. The van der Waals surface area contributed by atoms with Gasteiger partial charge in [-0.15, -0.1) is 0 Å². The summed E-state index contributed by atoms with van der Waals surface area (Å²) in [7, 11) is 1.35. The van der Waals surface area contributed by atoms with E-state index in [1.54, 1.807) is 48.5 Å². The standard InChI is InChI=1S/C16H16O4/c1-20-16(19)15(12-4-8-14(18)9-5-12)10-11-2-6-13(17)7-3-11/h2-9,15,17-18H,10H2,1H3/t15-/m0/s1. The lowest BCUT2D eigenvalue weighted by molar-refractivity contribution is -0.142. The molecule has 0 saturated heterocycles. The van der Waals surface area contributed by atoms with E-state index in [4.69, 9.17) is 4.74 Å². The lowest BCUT2D eigenvalue weighted by Crippen LogP contribution is -2.16. The number of phenolic OH excluding ortho intramolecular Hbond substituents is 2. The van der Waals surface area contributed by atoms with Gasteiger partial charge in [0.2, 0.25) is 0 Å². The summed E-state index contributed by atoms with van der Waals surface area (Å²) in [5.74, 6) is -0.427. The van der Waals surface area contributed by atoms with Gasteiger partial charge in [0.1, 0.15) is 11.5 Å². The second kappa shape index (κ2) is 6.10. The fraction of sp³-hybridized carbons (Fsp3) is 0.188. The van der Waals surface area contributed by atoms with Crippen LogP contribution < -0.4 is 0 Å². The van der Waals surface area contributed by atoms with Crippen LogP contribution in [0.15, 0.2) is 48.5 Å². The molecule has 20 heavy (non-hydrogen) atoms. The molecule has 0 radical (unpaired) electrons. The topological polar surface area (TPSA) is 66.8 Å². The van der Waals surface area contributed by atoms with Gasteiger partial charge in [0.05, 0.1) is 13.0 Å². The van der Waals surface area contributed by atoms with E-state index in [-0.39, 0.29) is 17.5 Å². The summed E-state index contributed by atoms with van der Waals surface area (Å²) < 4.78 is 4.84. The highest BCUT2D eigenvalue weighted by molar-refractivity contribution is 5.78. The Bertz CT molecular complexity index is 572. The Hall–Kier alpha value is -2.49. The van der Waals surface area contributed by atoms with Crippen molar-refractivity contribution in [2.24, 2.45) is 0 Å². The third-order valence-corrected chi connectivity index (χ3v) is 3.16. The van der Waals surface area contributed by atoms with Crippen molar-refractivity contribution in [2.75, 3.05) is 7.11 Å². The van der Waals surface area contributed by atoms with Crippen LogP contribution in [0.1, 0.15) is 17.0 Å². The molecule has 2 N–H and O–H groups in total. The van der Waals surface area contributed by atoms with E-state index in [1.165, 1.54) is 7.11 Å². The van der Waals surface area contributed by atoms with E-state index in [9.17, 15) is 15.0 Å². The maximum absolute atomic E-state index is 11.9. The number of rotatable bonds is 4. The van der Waals surface area contributed by atoms with Crippen LogP contribution in [0, 0.1) is 0 Å². The summed E-state index contributed by atoms with van der Waals surface area (Å²) in [4.78, 5) is 11.9. The molecule has 2 aromatic carbocycles. The molecule has 104 valence electrons. The van der Waals surface area contributed by atoms with Crippen molar-refractivity contribution in [3.8, 4) is 11.5 Å². The third-order valence-electron chi connectivity index (χ3n) is 3.16. The van der Waals surface area contributed by atoms with Crippen molar-refractivity contribution >= 4 is 5.97 Å². The minimum Gasteiger partial charge on any atom is -0.508 e. The molecule has 2 aromatic rings. The van der Waals surface area contributed by atoms with Crippen LogP contribution in [0.4, 0.5) is 0 Å². The summed E-state index contributed by atoms with van der Waals surface area (Å²) >= 11 is 0. The number of carbonyl (C=O) groups excluding carboxylic acids is 1. The van der Waals surface area contributed by atoms with Crippen molar-refractivity contribution in [1.82, 2.24) is 0 Å². The average Bonchev–Trinajstić information content (AvgIpc) is 2.47. The van der Waals surface area contributed by atoms with Gasteiger partial charge in [-0.1, -0.05) is 24.3 Å². The fourth-order valence-electron chi connectivity index (χ4n) is 2.05. The molecule has 0 aliphatic rings. The Morgan fingerprint density at radius 3 is 2.00 bits per heavy atom. The monoisotopic (exact) mass is 272 g/mol. The zero-order valence-corrected chi connectivity index (χ0v) is 11.1. The van der Waals surface area contributed by atoms with Crippen LogP contribution in [0.2, 0.25) is 0 Å². The van der Waals surface area contributed by atoms with Gasteiger partial charge < -0.3 is 14.9 Å². The maximum atomic E-state index is 11.9. The van der Waals surface area contributed by atoms with Crippen LogP contribution in [0.5, 0.6) is 11.5 Å². The van der Waals surface area contributed by atoms with Gasteiger partial charge in [-0.2, -0.15) is 0 Å². The van der Waals surface area contributed by atoms with E-state index < -0.39 is 5.92 Å². The first-order valence-electron chi connectivity index (χ1n) is 6.25. The number of benzene rings is 2. The number of hydrogen-bond donors (Lipinski definition) is 2. The minimum absolute atomic E-state index is 0.155. The first kappa shape index (κ1) is 13.9. The van der Waals surface area contributed by atoms with Crippen molar-refractivity contribution in [3.05, 3.63) is 59.7 Å². The Labute approximate surface area is 117 Å². The van der Waals surface area contributed by atoms with Crippen LogP contribution in [-0.4, -0.2) is 23.3 Å². The second-order valence-corrected chi connectivity index (χ2v) is 4.54. The number of hydrogen-bond acceptors (Lipinski definition) is 4. The summed E-state index contributed by atoms with van der Waals surface area (Å²) in [5, 5.41) is 18.6. The van der Waals surface area contributed by atoms with Gasteiger partial charge >= 0.3 is 5.97 Å². The molecule has 0 amide bonds. The molecule has 4 heteroatoms. The number of methoxy groups -OCH3 is 1. The van der Waals surface area contributed by atoms with E-state index in [2.05, 4.69) is 0 Å².